The monoisotopic (exact) mass is 483 g/mol. The minimum Gasteiger partial charge on any atom is -0.493 e. The first-order valence-electron chi connectivity index (χ1n) is 10.9. The van der Waals surface area contributed by atoms with Crippen LogP contribution in [0.15, 0.2) is 53.7 Å². The standard InChI is InChI=1S/C25H29N3O5S/c1-6-28-15(3)21(24(30)33-7-2)22(27-25(28)34)16-9-8-10-18(13-16)26-23(29)17-11-12-19(31-4)20(14-17)32-5/h8-14,22H,6-7H2,1-5H3,(H,26,29)(H,27,34). The summed E-state index contributed by atoms with van der Waals surface area (Å²) in [5.41, 5.74) is 2.99. The quantitative estimate of drug-likeness (QED) is 0.430. The number of methoxy groups -OCH3 is 2. The van der Waals surface area contributed by atoms with Crippen LogP contribution in [-0.4, -0.2) is 49.3 Å². The molecule has 0 aliphatic carbocycles. The lowest BCUT2D eigenvalue weighted by Gasteiger charge is -2.37. The molecule has 0 saturated heterocycles. The van der Waals surface area contributed by atoms with Gasteiger partial charge in [0.1, 0.15) is 0 Å². The fourth-order valence-electron chi connectivity index (χ4n) is 3.86. The molecule has 2 N–H and O–H groups in total. The highest BCUT2D eigenvalue weighted by Crippen LogP contribution is 2.33. The van der Waals surface area contributed by atoms with Crippen LogP contribution in [0, 0.1) is 0 Å². The Hall–Kier alpha value is -3.59. The maximum absolute atomic E-state index is 12.9. The molecule has 1 unspecified atom stereocenters. The summed E-state index contributed by atoms with van der Waals surface area (Å²) < 4.78 is 15.8. The summed E-state index contributed by atoms with van der Waals surface area (Å²) in [7, 11) is 3.05. The number of nitrogens with zero attached hydrogens (tertiary/aromatic N) is 1. The molecular formula is C25H29N3O5S. The summed E-state index contributed by atoms with van der Waals surface area (Å²) in [5.74, 6) is 0.289. The Morgan fingerprint density at radius 1 is 1.09 bits per heavy atom. The van der Waals surface area contributed by atoms with Crippen molar-refractivity contribution in [3.63, 3.8) is 0 Å². The first-order valence-corrected chi connectivity index (χ1v) is 11.3. The summed E-state index contributed by atoms with van der Waals surface area (Å²) in [6.07, 6.45) is 0. The fourth-order valence-corrected chi connectivity index (χ4v) is 4.25. The molecule has 1 heterocycles. The van der Waals surface area contributed by atoms with Crippen LogP contribution in [-0.2, 0) is 9.53 Å². The number of carbonyl (C=O) groups excluding carboxylic acids is 2. The number of benzene rings is 2. The lowest BCUT2D eigenvalue weighted by atomic mass is 9.94. The first kappa shape index (κ1) is 25.0. The number of esters is 1. The third-order valence-electron chi connectivity index (χ3n) is 5.53. The molecule has 9 heteroatoms. The topological polar surface area (TPSA) is 89.1 Å². The van der Waals surface area contributed by atoms with Gasteiger partial charge in [0.05, 0.1) is 32.4 Å². The molecule has 0 fully saturated rings. The fraction of sp³-hybridized carbons (Fsp3) is 0.320. The molecule has 2 aromatic rings. The van der Waals surface area contributed by atoms with Crippen molar-refractivity contribution >= 4 is 34.9 Å². The van der Waals surface area contributed by atoms with Gasteiger partial charge in [0.25, 0.3) is 5.91 Å². The van der Waals surface area contributed by atoms with E-state index in [4.69, 9.17) is 26.4 Å². The third kappa shape index (κ3) is 5.14. The number of allylic oxidation sites excluding steroid dienone is 1. The maximum atomic E-state index is 12.9. The van der Waals surface area contributed by atoms with E-state index in [2.05, 4.69) is 10.6 Å². The molecule has 0 saturated carbocycles. The highest BCUT2D eigenvalue weighted by Gasteiger charge is 2.34. The van der Waals surface area contributed by atoms with Gasteiger partial charge >= 0.3 is 5.97 Å². The molecule has 8 nitrogen and oxygen atoms in total. The molecular weight excluding hydrogens is 454 g/mol. The number of carbonyl (C=O) groups is 2. The second-order valence-electron chi connectivity index (χ2n) is 7.50. The molecule has 1 amide bonds. The van der Waals surface area contributed by atoms with Gasteiger partial charge < -0.3 is 29.7 Å². The van der Waals surface area contributed by atoms with Gasteiger partial charge in [0.15, 0.2) is 16.6 Å². The highest BCUT2D eigenvalue weighted by atomic mass is 32.1. The molecule has 0 radical (unpaired) electrons. The number of amides is 1. The van der Waals surface area contributed by atoms with E-state index in [0.717, 1.165) is 11.3 Å². The van der Waals surface area contributed by atoms with Crippen LogP contribution in [0.4, 0.5) is 5.69 Å². The van der Waals surface area contributed by atoms with E-state index in [9.17, 15) is 9.59 Å². The number of hydrogen-bond donors (Lipinski definition) is 2. The van der Waals surface area contributed by atoms with Crippen molar-refractivity contribution < 1.29 is 23.8 Å². The molecule has 1 atom stereocenters. The maximum Gasteiger partial charge on any atom is 0.338 e. The minimum absolute atomic E-state index is 0.264. The van der Waals surface area contributed by atoms with E-state index >= 15 is 0 Å². The number of rotatable bonds is 8. The number of nitrogens with one attached hydrogen (secondary N) is 2. The van der Waals surface area contributed by atoms with Gasteiger partial charge in [-0.1, -0.05) is 12.1 Å². The molecule has 1 aliphatic heterocycles. The van der Waals surface area contributed by atoms with Crippen molar-refractivity contribution in [3.8, 4) is 11.5 Å². The van der Waals surface area contributed by atoms with Crippen molar-refractivity contribution in [3.05, 3.63) is 64.9 Å². The second-order valence-corrected chi connectivity index (χ2v) is 7.88. The summed E-state index contributed by atoms with van der Waals surface area (Å²) in [5, 5.41) is 6.67. The van der Waals surface area contributed by atoms with E-state index < -0.39 is 12.0 Å². The van der Waals surface area contributed by atoms with Gasteiger partial charge in [-0.25, -0.2) is 4.79 Å². The largest absolute Gasteiger partial charge is 0.493 e. The van der Waals surface area contributed by atoms with E-state index in [1.54, 1.807) is 31.2 Å². The lowest BCUT2D eigenvalue weighted by molar-refractivity contribution is -0.139. The average Bonchev–Trinajstić information content (AvgIpc) is 2.83. The third-order valence-corrected chi connectivity index (χ3v) is 5.87. The van der Waals surface area contributed by atoms with Gasteiger partial charge in [0, 0.05) is 23.5 Å². The Balaban J connectivity index is 1.92. The van der Waals surface area contributed by atoms with Crippen LogP contribution in [0.5, 0.6) is 11.5 Å². The predicted molar refractivity (Wildman–Crippen MR) is 134 cm³/mol. The van der Waals surface area contributed by atoms with E-state index in [-0.39, 0.29) is 12.5 Å². The SMILES string of the molecule is CCOC(=O)C1=C(C)N(CC)C(=S)NC1c1cccc(NC(=O)c2ccc(OC)c(OC)c2)c1. The van der Waals surface area contributed by atoms with Crippen molar-refractivity contribution in [2.75, 3.05) is 32.7 Å². The zero-order chi connectivity index (χ0) is 24.8. The summed E-state index contributed by atoms with van der Waals surface area (Å²) in [6, 6.07) is 11.7. The molecule has 2 aromatic carbocycles. The number of ether oxygens (including phenoxy) is 3. The van der Waals surface area contributed by atoms with Crippen LogP contribution in [0.25, 0.3) is 0 Å². The second kappa shape index (κ2) is 11.0. The Kier molecular flexibility index (Phi) is 8.12. The normalized spacial score (nSPS) is 15.5. The molecule has 0 spiro atoms. The lowest BCUT2D eigenvalue weighted by Crippen LogP contribution is -2.47. The van der Waals surface area contributed by atoms with Crippen LogP contribution in [0.3, 0.4) is 0 Å². The Labute approximate surface area is 204 Å². The zero-order valence-corrected chi connectivity index (χ0v) is 20.7. The number of hydrogen-bond acceptors (Lipinski definition) is 6. The van der Waals surface area contributed by atoms with Gasteiger partial charge in [-0.2, -0.15) is 0 Å². The molecule has 34 heavy (non-hydrogen) atoms. The minimum atomic E-state index is -0.507. The van der Waals surface area contributed by atoms with Crippen LogP contribution < -0.4 is 20.1 Å². The smallest absolute Gasteiger partial charge is 0.338 e. The van der Waals surface area contributed by atoms with Crippen molar-refractivity contribution in [1.29, 1.82) is 0 Å². The average molecular weight is 484 g/mol. The summed E-state index contributed by atoms with van der Waals surface area (Å²) in [4.78, 5) is 27.6. The molecule has 0 aromatic heterocycles. The van der Waals surface area contributed by atoms with Crippen LogP contribution in [0.2, 0.25) is 0 Å². The van der Waals surface area contributed by atoms with Crippen LogP contribution in [0.1, 0.15) is 42.7 Å². The van der Waals surface area contributed by atoms with Gasteiger partial charge in [-0.15, -0.1) is 0 Å². The van der Waals surface area contributed by atoms with Crippen LogP contribution >= 0.6 is 12.2 Å². The first-order chi connectivity index (χ1) is 16.3. The van der Waals surface area contributed by atoms with E-state index in [1.807, 2.05) is 36.9 Å². The molecule has 1 aliphatic rings. The Bertz CT molecular complexity index is 1130. The predicted octanol–water partition coefficient (Wildman–Crippen LogP) is 4.04. The Morgan fingerprint density at radius 3 is 2.47 bits per heavy atom. The summed E-state index contributed by atoms with van der Waals surface area (Å²) >= 11 is 5.53. The summed E-state index contributed by atoms with van der Waals surface area (Å²) in [6.45, 7) is 6.48. The van der Waals surface area contributed by atoms with E-state index in [0.29, 0.717) is 40.0 Å². The van der Waals surface area contributed by atoms with E-state index in [1.165, 1.54) is 14.2 Å². The van der Waals surface area contributed by atoms with Crippen molar-refractivity contribution in [2.45, 2.75) is 26.8 Å². The number of anilines is 1. The molecule has 180 valence electrons. The molecule has 0 bridgehead atoms. The van der Waals surface area contributed by atoms with Gasteiger partial charge in [-0.3, -0.25) is 4.79 Å². The van der Waals surface area contributed by atoms with Crippen molar-refractivity contribution in [1.82, 2.24) is 10.2 Å². The Morgan fingerprint density at radius 2 is 1.82 bits per heavy atom. The highest BCUT2D eigenvalue weighted by molar-refractivity contribution is 7.80. The number of thiocarbonyl (C=S) groups is 1. The van der Waals surface area contributed by atoms with Crippen molar-refractivity contribution in [2.24, 2.45) is 0 Å². The molecule has 3 rings (SSSR count). The van der Waals surface area contributed by atoms with Gasteiger partial charge in [0.2, 0.25) is 0 Å². The van der Waals surface area contributed by atoms with Gasteiger partial charge in [-0.05, 0) is 68.9 Å². The zero-order valence-electron chi connectivity index (χ0n) is 19.9.